The van der Waals surface area contributed by atoms with Crippen molar-refractivity contribution in [3.63, 3.8) is 0 Å². The van der Waals surface area contributed by atoms with E-state index < -0.39 is 17.7 Å². The molecular formula is C15H11ClF3NO2. The number of hydrogen-bond acceptors (Lipinski definition) is 2. The molecule has 0 atom stereocenters. The molecule has 0 fully saturated rings. The zero-order chi connectivity index (χ0) is 16.5. The molecule has 0 bridgehead atoms. The van der Waals surface area contributed by atoms with Crippen LogP contribution in [0.1, 0.15) is 21.5 Å². The molecule has 0 aliphatic heterocycles. The zero-order valence-corrected chi connectivity index (χ0v) is 12.1. The van der Waals surface area contributed by atoms with Crippen molar-refractivity contribution in [3.8, 4) is 0 Å². The Kier molecular flexibility index (Phi) is 4.32. The molecule has 116 valence electrons. The number of aromatic carboxylic acids is 1. The Morgan fingerprint density at radius 1 is 1.18 bits per heavy atom. The van der Waals surface area contributed by atoms with Crippen LogP contribution in [0.5, 0.6) is 0 Å². The standard InChI is InChI=1S/C15H11ClF3NO2/c1-8-11(15(17,18)19)3-2-4-12(8)20-13-6-5-9(16)7-10(13)14(21)22/h2-7,20H,1H3,(H,21,22). The highest BCUT2D eigenvalue weighted by molar-refractivity contribution is 6.31. The predicted molar refractivity (Wildman–Crippen MR) is 77.9 cm³/mol. The van der Waals surface area contributed by atoms with Crippen molar-refractivity contribution < 1.29 is 23.1 Å². The number of carboxylic acid groups (broad SMARTS) is 1. The number of benzene rings is 2. The molecule has 2 N–H and O–H groups in total. The van der Waals surface area contributed by atoms with Crippen molar-refractivity contribution in [2.24, 2.45) is 0 Å². The van der Waals surface area contributed by atoms with E-state index in [1.54, 1.807) is 0 Å². The molecule has 2 rings (SSSR count). The highest BCUT2D eigenvalue weighted by Gasteiger charge is 2.33. The number of nitrogens with one attached hydrogen (secondary N) is 1. The Bertz CT molecular complexity index is 729. The Labute approximate surface area is 129 Å². The molecule has 0 unspecified atom stereocenters. The lowest BCUT2D eigenvalue weighted by atomic mass is 10.1. The lowest BCUT2D eigenvalue weighted by Gasteiger charge is -2.16. The van der Waals surface area contributed by atoms with Gasteiger partial charge in [0.1, 0.15) is 0 Å². The van der Waals surface area contributed by atoms with Gasteiger partial charge in [-0.3, -0.25) is 0 Å². The predicted octanol–water partition coefficient (Wildman–Crippen LogP) is 5.11. The van der Waals surface area contributed by atoms with E-state index in [1.165, 1.54) is 37.3 Å². The van der Waals surface area contributed by atoms with E-state index in [0.717, 1.165) is 6.07 Å². The van der Waals surface area contributed by atoms with Crippen LogP contribution in [0.25, 0.3) is 0 Å². The molecule has 22 heavy (non-hydrogen) atoms. The molecule has 0 heterocycles. The van der Waals surface area contributed by atoms with Gasteiger partial charge in [-0.05, 0) is 42.8 Å². The maximum atomic E-state index is 12.9. The average molecular weight is 330 g/mol. The van der Waals surface area contributed by atoms with Gasteiger partial charge >= 0.3 is 12.1 Å². The van der Waals surface area contributed by atoms with Crippen molar-refractivity contribution in [1.82, 2.24) is 0 Å². The minimum atomic E-state index is -4.47. The van der Waals surface area contributed by atoms with E-state index >= 15 is 0 Å². The second kappa shape index (κ2) is 5.88. The molecule has 0 radical (unpaired) electrons. The van der Waals surface area contributed by atoms with Crippen molar-refractivity contribution in [3.05, 3.63) is 58.1 Å². The van der Waals surface area contributed by atoms with Gasteiger partial charge in [0, 0.05) is 10.7 Å². The molecule has 0 aliphatic carbocycles. The summed E-state index contributed by atoms with van der Waals surface area (Å²) >= 11 is 5.74. The van der Waals surface area contributed by atoms with Crippen LogP contribution in [-0.4, -0.2) is 11.1 Å². The first-order valence-corrected chi connectivity index (χ1v) is 6.54. The van der Waals surface area contributed by atoms with Gasteiger partial charge < -0.3 is 10.4 Å². The summed E-state index contributed by atoms with van der Waals surface area (Å²) in [6.07, 6.45) is -4.47. The van der Waals surface area contributed by atoms with Gasteiger partial charge in [-0.1, -0.05) is 17.7 Å². The number of hydrogen-bond donors (Lipinski definition) is 2. The summed E-state index contributed by atoms with van der Waals surface area (Å²) in [5.41, 5.74) is -0.562. The Morgan fingerprint density at radius 2 is 1.86 bits per heavy atom. The monoisotopic (exact) mass is 329 g/mol. The van der Waals surface area contributed by atoms with Gasteiger partial charge in [-0.2, -0.15) is 13.2 Å². The van der Waals surface area contributed by atoms with E-state index in [4.69, 9.17) is 16.7 Å². The molecule has 0 aliphatic rings. The number of alkyl halides is 3. The molecule has 0 spiro atoms. The van der Waals surface area contributed by atoms with E-state index in [0.29, 0.717) is 0 Å². The summed E-state index contributed by atoms with van der Waals surface area (Å²) in [4.78, 5) is 11.2. The highest BCUT2D eigenvalue weighted by atomic mass is 35.5. The number of carboxylic acids is 1. The molecule has 7 heteroatoms. The second-order valence-corrected chi connectivity index (χ2v) is 5.03. The van der Waals surface area contributed by atoms with E-state index in [-0.39, 0.29) is 27.5 Å². The zero-order valence-electron chi connectivity index (χ0n) is 11.3. The minimum absolute atomic E-state index is 0.0127. The Morgan fingerprint density at radius 3 is 2.45 bits per heavy atom. The fraction of sp³-hybridized carbons (Fsp3) is 0.133. The summed E-state index contributed by atoms with van der Waals surface area (Å²) < 4.78 is 38.7. The van der Waals surface area contributed by atoms with Crippen molar-refractivity contribution in [2.45, 2.75) is 13.1 Å². The van der Waals surface area contributed by atoms with E-state index in [1.807, 2.05) is 0 Å². The van der Waals surface area contributed by atoms with Gasteiger partial charge in [0.05, 0.1) is 16.8 Å². The first kappa shape index (κ1) is 16.2. The summed E-state index contributed by atoms with van der Waals surface area (Å²) in [7, 11) is 0. The number of rotatable bonds is 3. The topological polar surface area (TPSA) is 49.3 Å². The highest BCUT2D eigenvalue weighted by Crippen LogP contribution is 2.36. The summed E-state index contributed by atoms with van der Waals surface area (Å²) in [6, 6.07) is 7.78. The van der Waals surface area contributed by atoms with Crippen LogP contribution < -0.4 is 5.32 Å². The van der Waals surface area contributed by atoms with Crippen molar-refractivity contribution in [2.75, 3.05) is 5.32 Å². The van der Waals surface area contributed by atoms with Gasteiger partial charge in [-0.15, -0.1) is 0 Å². The fourth-order valence-corrected chi connectivity index (χ4v) is 2.20. The molecule has 2 aromatic carbocycles. The maximum absolute atomic E-state index is 12.9. The third kappa shape index (κ3) is 3.33. The normalized spacial score (nSPS) is 11.3. The largest absolute Gasteiger partial charge is 0.478 e. The summed E-state index contributed by atoms with van der Waals surface area (Å²) in [6.45, 7) is 1.32. The minimum Gasteiger partial charge on any atom is -0.478 e. The quantitative estimate of drug-likeness (QED) is 0.822. The molecule has 2 aromatic rings. The number of halogens is 4. The molecular weight excluding hydrogens is 319 g/mol. The SMILES string of the molecule is Cc1c(Nc2ccc(Cl)cc2C(=O)O)cccc1C(F)(F)F. The lowest BCUT2D eigenvalue weighted by Crippen LogP contribution is -2.09. The van der Waals surface area contributed by atoms with Crippen LogP contribution in [-0.2, 0) is 6.18 Å². The lowest BCUT2D eigenvalue weighted by molar-refractivity contribution is -0.138. The number of anilines is 2. The van der Waals surface area contributed by atoms with Crippen LogP contribution in [0.2, 0.25) is 5.02 Å². The molecule has 0 saturated heterocycles. The Hall–Kier alpha value is -2.21. The third-order valence-electron chi connectivity index (χ3n) is 3.12. The second-order valence-electron chi connectivity index (χ2n) is 4.60. The van der Waals surface area contributed by atoms with Gasteiger partial charge in [0.15, 0.2) is 0 Å². The smallest absolute Gasteiger partial charge is 0.416 e. The van der Waals surface area contributed by atoms with Crippen LogP contribution in [0, 0.1) is 6.92 Å². The average Bonchev–Trinajstić information content (AvgIpc) is 2.41. The fourth-order valence-electron chi connectivity index (χ4n) is 2.03. The van der Waals surface area contributed by atoms with E-state index in [2.05, 4.69) is 5.32 Å². The summed E-state index contributed by atoms with van der Waals surface area (Å²) in [5, 5.41) is 12.1. The molecule has 3 nitrogen and oxygen atoms in total. The summed E-state index contributed by atoms with van der Waals surface area (Å²) in [5.74, 6) is -1.23. The number of carbonyl (C=O) groups is 1. The van der Waals surface area contributed by atoms with Gasteiger partial charge in [0.25, 0.3) is 0 Å². The Balaban J connectivity index is 2.47. The van der Waals surface area contributed by atoms with Gasteiger partial charge in [-0.25, -0.2) is 4.79 Å². The van der Waals surface area contributed by atoms with Crippen LogP contribution in [0.4, 0.5) is 24.5 Å². The third-order valence-corrected chi connectivity index (χ3v) is 3.36. The van der Waals surface area contributed by atoms with Crippen LogP contribution >= 0.6 is 11.6 Å². The molecule has 0 aromatic heterocycles. The molecule has 0 saturated carbocycles. The van der Waals surface area contributed by atoms with Crippen molar-refractivity contribution >= 4 is 28.9 Å². The maximum Gasteiger partial charge on any atom is 0.416 e. The van der Waals surface area contributed by atoms with Crippen LogP contribution in [0.3, 0.4) is 0 Å². The van der Waals surface area contributed by atoms with Crippen LogP contribution in [0.15, 0.2) is 36.4 Å². The van der Waals surface area contributed by atoms with Crippen molar-refractivity contribution in [1.29, 1.82) is 0 Å². The van der Waals surface area contributed by atoms with Gasteiger partial charge in [0.2, 0.25) is 0 Å². The van der Waals surface area contributed by atoms with E-state index in [9.17, 15) is 18.0 Å². The first-order valence-electron chi connectivity index (χ1n) is 6.17. The first-order chi connectivity index (χ1) is 10.2. The molecule has 0 amide bonds.